The number of carbonyl (C=O) groups excluding carboxylic acids is 2. The molecule has 0 spiro atoms. The summed E-state index contributed by atoms with van der Waals surface area (Å²) in [7, 11) is 2.92. The number of ketones is 1. The van der Waals surface area contributed by atoms with Crippen molar-refractivity contribution in [2.75, 3.05) is 20.8 Å². The number of Topliss-reactive ketones (excluding diaryl/α,β-unsaturated/α-hetero) is 1. The first kappa shape index (κ1) is 34.8. The van der Waals surface area contributed by atoms with Crippen LogP contribution in [0.4, 0.5) is 0 Å². The van der Waals surface area contributed by atoms with Gasteiger partial charge in [-0.2, -0.15) is 0 Å². The van der Waals surface area contributed by atoms with E-state index in [0.717, 1.165) is 0 Å². The van der Waals surface area contributed by atoms with Crippen LogP contribution in [-0.2, 0) is 0 Å². The van der Waals surface area contributed by atoms with Crippen LogP contribution in [0.25, 0.3) is 33.6 Å². The van der Waals surface area contributed by atoms with Crippen molar-refractivity contribution in [2.45, 2.75) is 51.6 Å². The normalized spacial score (nSPS) is 11.7. The molecule has 0 unspecified atom stereocenters. The van der Waals surface area contributed by atoms with Gasteiger partial charge >= 0.3 is 0 Å². The van der Waals surface area contributed by atoms with Gasteiger partial charge in [-0.3, -0.25) is 9.59 Å². The summed E-state index contributed by atoms with van der Waals surface area (Å²) in [6, 6.07) is 17.9. The average molecular weight is 665 g/mol. The Morgan fingerprint density at radius 2 is 1.17 bits per heavy atom. The van der Waals surface area contributed by atoms with E-state index in [2.05, 4.69) is 15.3 Å². The molecule has 0 radical (unpaired) electrons. The van der Waals surface area contributed by atoms with Crippen molar-refractivity contribution in [1.29, 1.82) is 0 Å². The van der Waals surface area contributed by atoms with Crippen molar-refractivity contribution in [3.05, 3.63) is 81.8 Å². The lowest BCUT2D eigenvalue weighted by atomic mass is 9.95. The van der Waals surface area contributed by atoms with Crippen LogP contribution < -0.4 is 26.3 Å². The van der Waals surface area contributed by atoms with E-state index in [1.54, 1.807) is 24.3 Å². The van der Waals surface area contributed by atoms with Gasteiger partial charge in [0.25, 0.3) is 5.91 Å². The minimum absolute atomic E-state index is 0.101. The minimum atomic E-state index is -0.574. The summed E-state index contributed by atoms with van der Waals surface area (Å²) in [5, 5.41) is 3.63. The lowest BCUT2D eigenvalue weighted by molar-refractivity contribution is 0.0940. The maximum absolute atomic E-state index is 12.9. The summed E-state index contributed by atoms with van der Waals surface area (Å²) in [6.07, 6.45) is 0.800. The molecule has 0 saturated carbocycles. The molecule has 4 aromatic rings. The van der Waals surface area contributed by atoms with Gasteiger partial charge in [-0.25, -0.2) is 9.97 Å². The summed E-state index contributed by atoms with van der Waals surface area (Å²) in [6.45, 7) is 7.68. The maximum Gasteiger partial charge on any atom is 0.256 e. The fourth-order valence-electron chi connectivity index (χ4n) is 4.73. The third-order valence-electron chi connectivity index (χ3n) is 7.19. The lowest BCUT2D eigenvalue weighted by Gasteiger charge is -2.19. The number of methoxy groups -OCH3 is 2. The number of pyridine rings is 2. The summed E-state index contributed by atoms with van der Waals surface area (Å²) in [5.74, 6) is -0.0842. The second-order valence-electron chi connectivity index (χ2n) is 12.4. The number of ether oxygens (including phenoxy) is 2. The molecule has 11 heteroatoms. The SMILES string of the molecule is COc1nc(-c2cccc(-c3cccc(-c4ccc(C(=O)NCC(C)(C)N)c(OC)n4)c3Cl)c2Cl)ccc1C(=O)CCC(C)(C)N. The standard InChI is InChI=1S/C35H39Cl2N5O4/c1-34(2,38)18-17-28(43)24-13-15-26(41-32(24)45-5)22-11-7-9-20(29(22)36)21-10-8-12-23(30(21)37)27-16-14-25(33(42-27)46-6)31(44)40-19-35(3,4)39/h7-16H,17-19,38-39H2,1-6H3,(H,40,44). The molecular weight excluding hydrogens is 625 g/mol. The molecule has 1 amide bonds. The Bertz CT molecular complexity index is 1630. The molecule has 0 atom stereocenters. The number of nitrogens with one attached hydrogen (secondary N) is 1. The Morgan fingerprint density at radius 3 is 1.63 bits per heavy atom. The molecule has 9 nitrogen and oxygen atoms in total. The fourth-order valence-corrected chi connectivity index (χ4v) is 5.38. The molecule has 0 bridgehead atoms. The largest absolute Gasteiger partial charge is 0.480 e. The molecular formula is C35H39Cl2N5O4. The number of aromatic nitrogens is 2. The number of nitrogens with zero attached hydrogens (tertiary/aromatic N) is 2. The molecule has 4 rings (SSSR count). The van der Waals surface area contributed by atoms with Gasteiger partial charge in [0.2, 0.25) is 11.8 Å². The summed E-state index contributed by atoms with van der Waals surface area (Å²) >= 11 is 14.0. The van der Waals surface area contributed by atoms with Crippen LogP contribution >= 0.6 is 23.2 Å². The minimum Gasteiger partial charge on any atom is -0.480 e. The van der Waals surface area contributed by atoms with E-state index in [9.17, 15) is 9.59 Å². The predicted molar refractivity (Wildman–Crippen MR) is 184 cm³/mol. The van der Waals surface area contributed by atoms with E-state index in [1.165, 1.54) is 14.2 Å². The van der Waals surface area contributed by atoms with Gasteiger partial charge in [-0.15, -0.1) is 0 Å². The van der Waals surface area contributed by atoms with Gasteiger partial charge in [0.05, 0.1) is 41.2 Å². The van der Waals surface area contributed by atoms with Gasteiger partial charge in [0.1, 0.15) is 5.56 Å². The number of carbonyl (C=O) groups is 2. The van der Waals surface area contributed by atoms with Crippen molar-refractivity contribution >= 4 is 34.9 Å². The molecule has 5 N–H and O–H groups in total. The van der Waals surface area contributed by atoms with Crippen molar-refractivity contribution < 1.29 is 19.1 Å². The Kier molecular flexibility index (Phi) is 10.7. The number of nitrogens with two attached hydrogens (primary N) is 2. The summed E-state index contributed by atoms with van der Waals surface area (Å²) in [4.78, 5) is 34.9. The Balaban J connectivity index is 1.68. The first-order chi connectivity index (χ1) is 21.6. The highest BCUT2D eigenvalue weighted by atomic mass is 35.5. The predicted octanol–water partition coefficient (Wildman–Crippen LogP) is 6.97. The molecule has 46 heavy (non-hydrogen) atoms. The lowest BCUT2D eigenvalue weighted by Crippen LogP contribution is -2.45. The van der Waals surface area contributed by atoms with Crippen LogP contribution in [-0.4, -0.2) is 53.5 Å². The van der Waals surface area contributed by atoms with Gasteiger partial charge in [-0.05, 0) is 58.4 Å². The van der Waals surface area contributed by atoms with Crippen LogP contribution in [0.15, 0.2) is 60.7 Å². The number of benzene rings is 2. The van der Waals surface area contributed by atoms with Crippen molar-refractivity contribution in [3.63, 3.8) is 0 Å². The second-order valence-corrected chi connectivity index (χ2v) is 13.2. The highest BCUT2D eigenvalue weighted by Crippen LogP contribution is 2.42. The van der Waals surface area contributed by atoms with Crippen LogP contribution in [0.5, 0.6) is 11.8 Å². The van der Waals surface area contributed by atoms with E-state index >= 15 is 0 Å². The molecule has 2 heterocycles. The number of halogens is 2. The molecule has 0 fully saturated rings. The third-order valence-corrected chi connectivity index (χ3v) is 8.01. The zero-order valence-corrected chi connectivity index (χ0v) is 28.3. The Labute approximate surface area is 279 Å². The maximum atomic E-state index is 12.9. The third kappa shape index (κ3) is 8.22. The van der Waals surface area contributed by atoms with E-state index < -0.39 is 11.1 Å². The highest BCUT2D eigenvalue weighted by molar-refractivity contribution is 6.39. The monoisotopic (exact) mass is 663 g/mol. The number of amides is 1. The van der Waals surface area contributed by atoms with E-state index in [-0.39, 0.29) is 42.0 Å². The second kappa shape index (κ2) is 14.2. The molecule has 0 aliphatic rings. The Hall–Kier alpha value is -4.02. The zero-order chi connectivity index (χ0) is 33.8. The first-order valence-electron chi connectivity index (χ1n) is 14.7. The van der Waals surface area contributed by atoms with E-state index in [0.29, 0.717) is 55.7 Å². The molecule has 0 aliphatic carbocycles. The van der Waals surface area contributed by atoms with Crippen LogP contribution in [0.3, 0.4) is 0 Å². The molecule has 0 saturated heterocycles. The zero-order valence-electron chi connectivity index (χ0n) is 26.8. The fraction of sp³-hybridized carbons (Fsp3) is 0.314. The highest BCUT2D eigenvalue weighted by Gasteiger charge is 2.22. The molecule has 0 aliphatic heterocycles. The van der Waals surface area contributed by atoms with Crippen LogP contribution in [0.1, 0.15) is 61.3 Å². The average Bonchev–Trinajstić information content (AvgIpc) is 3.01. The summed E-state index contributed by atoms with van der Waals surface area (Å²) < 4.78 is 11.0. The van der Waals surface area contributed by atoms with Gasteiger partial charge in [-0.1, -0.05) is 59.6 Å². The van der Waals surface area contributed by atoms with Crippen molar-refractivity contribution in [1.82, 2.24) is 15.3 Å². The number of rotatable bonds is 12. The molecule has 242 valence electrons. The van der Waals surface area contributed by atoms with Gasteiger partial charge in [0, 0.05) is 46.3 Å². The van der Waals surface area contributed by atoms with Gasteiger partial charge < -0.3 is 26.3 Å². The first-order valence-corrected chi connectivity index (χ1v) is 15.5. The van der Waals surface area contributed by atoms with Gasteiger partial charge in [0.15, 0.2) is 5.78 Å². The number of hydrogen-bond acceptors (Lipinski definition) is 8. The quantitative estimate of drug-likeness (QED) is 0.138. The van der Waals surface area contributed by atoms with Crippen LogP contribution in [0.2, 0.25) is 10.0 Å². The molecule has 2 aromatic heterocycles. The smallest absolute Gasteiger partial charge is 0.256 e. The van der Waals surface area contributed by atoms with E-state index in [1.807, 2.05) is 64.1 Å². The van der Waals surface area contributed by atoms with Crippen molar-refractivity contribution in [2.24, 2.45) is 11.5 Å². The van der Waals surface area contributed by atoms with E-state index in [4.69, 9.17) is 44.1 Å². The van der Waals surface area contributed by atoms with Crippen molar-refractivity contribution in [3.8, 4) is 45.4 Å². The number of hydrogen-bond donors (Lipinski definition) is 3. The Morgan fingerprint density at radius 1 is 0.717 bits per heavy atom. The van der Waals surface area contributed by atoms with Crippen LogP contribution in [0, 0.1) is 0 Å². The molecule has 2 aromatic carbocycles. The topological polar surface area (TPSA) is 142 Å². The summed E-state index contributed by atoms with van der Waals surface area (Å²) in [5.41, 5.74) is 15.3.